The van der Waals surface area contributed by atoms with Crippen LogP contribution in [0, 0.1) is 5.92 Å². The molecular weight excluding hydrogens is 322 g/mol. The Hall–Kier alpha value is -2.24. The molecule has 0 radical (unpaired) electrons. The number of benzene rings is 1. The van der Waals surface area contributed by atoms with Crippen LogP contribution in [0.15, 0.2) is 18.2 Å². The van der Waals surface area contributed by atoms with Crippen LogP contribution in [-0.2, 0) is 14.3 Å². The molecule has 1 fully saturated rings. The standard InChI is InChI=1S/C19H25NO5/c1-13(15-7-8-16-17(11-15)24-10-9-23-16)20-18(21)12-25-19(22)14-5-3-2-4-6-14/h7-8,11,13-14H,2-6,9-10,12H2,1H3,(H,20,21). The summed E-state index contributed by atoms with van der Waals surface area (Å²) < 4.78 is 16.2. The van der Waals surface area contributed by atoms with Crippen LogP contribution in [0.25, 0.3) is 0 Å². The van der Waals surface area contributed by atoms with Gasteiger partial charge in [-0.1, -0.05) is 25.3 Å². The Balaban J connectivity index is 1.48. The van der Waals surface area contributed by atoms with Crippen LogP contribution in [0.5, 0.6) is 11.5 Å². The molecule has 1 aliphatic heterocycles. The van der Waals surface area contributed by atoms with Crippen LogP contribution in [0.4, 0.5) is 0 Å². The van der Waals surface area contributed by atoms with Crippen molar-refractivity contribution in [1.82, 2.24) is 5.32 Å². The smallest absolute Gasteiger partial charge is 0.309 e. The largest absolute Gasteiger partial charge is 0.486 e. The first kappa shape index (κ1) is 17.6. The number of esters is 1. The molecule has 2 aliphatic rings. The first-order valence-electron chi connectivity index (χ1n) is 8.99. The lowest BCUT2D eigenvalue weighted by Gasteiger charge is -2.21. The van der Waals surface area contributed by atoms with Crippen molar-refractivity contribution in [3.8, 4) is 11.5 Å². The van der Waals surface area contributed by atoms with E-state index in [1.165, 1.54) is 6.42 Å². The average molecular weight is 347 g/mol. The van der Waals surface area contributed by atoms with Gasteiger partial charge in [-0.15, -0.1) is 0 Å². The average Bonchev–Trinajstić information content (AvgIpc) is 2.66. The van der Waals surface area contributed by atoms with Crippen LogP contribution in [0.1, 0.15) is 50.6 Å². The number of hydrogen-bond donors (Lipinski definition) is 1. The summed E-state index contributed by atoms with van der Waals surface area (Å²) in [7, 11) is 0. The van der Waals surface area contributed by atoms with Gasteiger partial charge in [0.1, 0.15) is 13.2 Å². The third kappa shape index (κ3) is 4.65. The van der Waals surface area contributed by atoms with Gasteiger partial charge >= 0.3 is 5.97 Å². The molecule has 6 heteroatoms. The molecule has 1 unspecified atom stereocenters. The van der Waals surface area contributed by atoms with E-state index in [0.717, 1.165) is 37.0 Å². The Kier molecular flexibility index (Phi) is 5.79. The molecule has 0 bridgehead atoms. The van der Waals surface area contributed by atoms with Gasteiger partial charge in [-0.25, -0.2) is 0 Å². The third-order valence-corrected chi connectivity index (χ3v) is 4.73. The van der Waals surface area contributed by atoms with Crippen molar-refractivity contribution < 1.29 is 23.8 Å². The summed E-state index contributed by atoms with van der Waals surface area (Å²) in [5.74, 6) is 0.814. The number of hydrogen-bond acceptors (Lipinski definition) is 5. The van der Waals surface area contributed by atoms with Crippen molar-refractivity contribution in [3.63, 3.8) is 0 Å². The quantitative estimate of drug-likeness (QED) is 0.829. The van der Waals surface area contributed by atoms with Crippen LogP contribution in [0.2, 0.25) is 0 Å². The zero-order valence-electron chi connectivity index (χ0n) is 14.6. The SMILES string of the molecule is CC(NC(=O)COC(=O)C1CCCCC1)c1ccc2c(c1)OCCO2. The monoisotopic (exact) mass is 347 g/mol. The van der Waals surface area contributed by atoms with Gasteiger partial charge in [-0.3, -0.25) is 9.59 Å². The molecule has 136 valence electrons. The van der Waals surface area contributed by atoms with Gasteiger partial charge in [0.2, 0.25) is 0 Å². The molecule has 0 aromatic heterocycles. The van der Waals surface area contributed by atoms with Gasteiger partial charge in [0.25, 0.3) is 5.91 Å². The van der Waals surface area contributed by atoms with Crippen molar-refractivity contribution >= 4 is 11.9 Å². The van der Waals surface area contributed by atoms with Gasteiger partial charge in [0.05, 0.1) is 12.0 Å². The highest BCUT2D eigenvalue weighted by Gasteiger charge is 2.23. The summed E-state index contributed by atoms with van der Waals surface area (Å²) in [5, 5.41) is 2.85. The second-order valence-corrected chi connectivity index (χ2v) is 6.63. The second kappa shape index (κ2) is 8.23. The number of rotatable bonds is 5. The second-order valence-electron chi connectivity index (χ2n) is 6.63. The fourth-order valence-electron chi connectivity index (χ4n) is 3.29. The topological polar surface area (TPSA) is 73.9 Å². The first-order chi connectivity index (χ1) is 12.1. The first-order valence-corrected chi connectivity index (χ1v) is 8.99. The van der Waals surface area contributed by atoms with E-state index >= 15 is 0 Å². The van der Waals surface area contributed by atoms with Crippen molar-refractivity contribution in [2.24, 2.45) is 5.92 Å². The molecule has 3 rings (SSSR count). The highest BCUT2D eigenvalue weighted by Crippen LogP contribution is 2.32. The molecule has 6 nitrogen and oxygen atoms in total. The van der Waals surface area contributed by atoms with Crippen molar-refractivity contribution in [1.29, 1.82) is 0 Å². The maximum atomic E-state index is 12.1. The number of fused-ring (bicyclic) bond motifs is 1. The van der Waals surface area contributed by atoms with Gasteiger partial charge in [-0.2, -0.15) is 0 Å². The maximum Gasteiger partial charge on any atom is 0.309 e. The van der Waals surface area contributed by atoms with E-state index in [1.807, 2.05) is 25.1 Å². The summed E-state index contributed by atoms with van der Waals surface area (Å²) in [6.45, 7) is 2.72. The van der Waals surface area contributed by atoms with E-state index < -0.39 is 0 Å². The Labute approximate surface area is 147 Å². The fourth-order valence-corrected chi connectivity index (χ4v) is 3.29. The summed E-state index contributed by atoms with van der Waals surface area (Å²) in [5.41, 5.74) is 0.913. The molecule has 1 aromatic rings. The molecule has 1 aromatic carbocycles. The number of amides is 1. The minimum atomic E-state index is -0.299. The summed E-state index contributed by atoms with van der Waals surface area (Å²) in [6.07, 6.45) is 5.04. The minimum Gasteiger partial charge on any atom is -0.486 e. The van der Waals surface area contributed by atoms with E-state index in [2.05, 4.69) is 5.32 Å². The highest BCUT2D eigenvalue weighted by atomic mass is 16.6. The number of nitrogens with one attached hydrogen (secondary N) is 1. The highest BCUT2D eigenvalue weighted by molar-refractivity contribution is 5.81. The Morgan fingerprint density at radius 2 is 1.88 bits per heavy atom. The zero-order valence-corrected chi connectivity index (χ0v) is 14.6. The van der Waals surface area contributed by atoms with Crippen LogP contribution < -0.4 is 14.8 Å². The molecule has 1 N–H and O–H groups in total. The van der Waals surface area contributed by atoms with Crippen LogP contribution in [-0.4, -0.2) is 31.7 Å². The molecule has 1 aliphatic carbocycles. The van der Waals surface area contributed by atoms with E-state index in [4.69, 9.17) is 14.2 Å². The molecule has 0 spiro atoms. The molecule has 1 atom stereocenters. The predicted molar refractivity (Wildman–Crippen MR) is 91.5 cm³/mol. The van der Waals surface area contributed by atoms with Gasteiger partial charge in [0, 0.05) is 0 Å². The molecule has 1 amide bonds. The lowest BCUT2D eigenvalue weighted by atomic mass is 9.89. The van der Waals surface area contributed by atoms with Gasteiger partial charge in [0.15, 0.2) is 18.1 Å². The molecule has 1 heterocycles. The molecule has 25 heavy (non-hydrogen) atoms. The van der Waals surface area contributed by atoms with Crippen LogP contribution >= 0.6 is 0 Å². The number of carbonyl (C=O) groups is 2. The number of ether oxygens (including phenoxy) is 3. The lowest BCUT2D eigenvalue weighted by molar-refractivity contribution is -0.153. The summed E-state index contributed by atoms with van der Waals surface area (Å²) in [6, 6.07) is 5.40. The van der Waals surface area contributed by atoms with E-state index in [0.29, 0.717) is 19.0 Å². The van der Waals surface area contributed by atoms with E-state index in [1.54, 1.807) is 0 Å². The Morgan fingerprint density at radius 3 is 2.64 bits per heavy atom. The van der Waals surface area contributed by atoms with Gasteiger partial charge in [-0.05, 0) is 37.5 Å². The summed E-state index contributed by atoms with van der Waals surface area (Å²) in [4.78, 5) is 24.0. The molecule has 0 saturated heterocycles. The molecular formula is C19H25NO5. The fraction of sp³-hybridized carbons (Fsp3) is 0.579. The Bertz CT molecular complexity index is 624. The van der Waals surface area contributed by atoms with Crippen molar-refractivity contribution in [2.45, 2.75) is 45.1 Å². The summed E-state index contributed by atoms with van der Waals surface area (Å²) >= 11 is 0. The van der Waals surface area contributed by atoms with Crippen molar-refractivity contribution in [3.05, 3.63) is 23.8 Å². The lowest BCUT2D eigenvalue weighted by Crippen LogP contribution is -2.32. The van der Waals surface area contributed by atoms with Gasteiger partial charge < -0.3 is 19.5 Å². The zero-order chi connectivity index (χ0) is 17.6. The molecule has 1 saturated carbocycles. The van der Waals surface area contributed by atoms with E-state index in [9.17, 15) is 9.59 Å². The number of carbonyl (C=O) groups excluding carboxylic acids is 2. The Morgan fingerprint density at radius 1 is 1.16 bits per heavy atom. The minimum absolute atomic E-state index is 0.0447. The maximum absolute atomic E-state index is 12.1. The normalized spacial score (nSPS) is 18.3. The van der Waals surface area contributed by atoms with Crippen molar-refractivity contribution in [2.75, 3.05) is 19.8 Å². The third-order valence-electron chi connectivity index (χ3n) is 4.73. The van der Waals surface area contributed by atoms with E-state index in [-0.39, 0.29) is 30.4 Å². The van der Waals surface area contributed by atoms with Crippen LogP contribution in [0.3, 0.4) is 0 Å². The predicted octanol–water partition coefficient (Wildman–Crippen LogP) is 2.76.